The summed E-state index contributed by atoms with van der Waals surface area (Å²) in [6, 6.07) is 19.1. The molecule has 0 saturated heterocycles. The highest BCUT2D eigenvalue weighted by molar-refractivity contribution is 7.92. The summed E-state index contributed by atoms with van der Waals surface area (Å²) >= 11 is 7.50. The van der Waals surface area contributed by atoms with Gasteiger partial charge in [-0.2, -0.15) is 0 Å². The molecule has 0 spiro atoms. The molecule has 1 aromatic heterocycles. The van der Waals surface area contributed by atoms with Crippen LogP contribution in [0.4, 0.5) is 11.4 Å². The van der Waals surface area contributed by atoms with Crippen molar-refractivity contribution in [3.8, 4) is 5.75 Å². The van der Waals surface area contributed by atoms with Crippen molar-refractivity contribution in [3.63, 3.8) is 0 Å². The van der Waals surface area contributed by atoms with Crippen LogP contribution in [0.25, 0.3) is 10.1 Å². The monoisotopic (exact) mass is 528 g/mol. The number of carbonyl (C=O) groups excluding carboxylic acids is 1. The van der Waals surface area contributed by atoms with Crippen molar-refractivity contribution >= 4 is 60.3 Å². The maximum Gasteiger partial charge on any atom is 0.265 e. The average Bonchev–Trinajstić information content (AvgIpc) is 3.26. The first-order valence-electron chi connectivity index (χ1n) is 11.0. The lowest BCUT2D eigenvalue weighted by Gasteiger charge is -2.24. The van der Waals surface area contributed by atoms with E-state index in [1.165, 1.54) is 22.8 Å². The molecule has 0 saturated carbocycles. The zero-order valence-corrected chi connectivity index (χ0v) is 21.9. The zero-order chi connectivity index (χ0) is 25.2. The quantitative estimate of drug-likeness (QED) is 0.275. The third kappa shape index (κ3) is 5.29. The Morgan fingerprint density at radius 1 is 1.06 bits per heavy atom. The molecule has 4 aromatic rings. The minimum atomic E-state index is -3.73. The summed E-state index contributed by atoms with van der Waals surface area (Å²) in [7, 11) is -2.20. The van der Waals surface area contributed by atoms with E-state index in [4.69, 9.17) is 16.3 Å². The lowest BCUT2D eigenvalue weighted by molar-refractivity contribution is 0.103. The molecule has 35 heavy (non-hydrogen) atoms. The van der Waals surface area contributed by atoms with E-state index < -0.39 is 10.0 Å². The van der Waals surface area contributed by atoms with Crippen LogP contribution in [0, 0.1) is 6.92 Å². The molecule has 0 aliphatic heterocycles. The van der Waals surface area contributed by atoms with E-state index in [-0.39, 0.29) is 10.8 Å². The van der Waals surface area contributed by atoms with E-state index in [9.17, 15) is 13.2 Å². The summed E-state index contributed by atoms with van der Waals surface area (Å²) in [5, 5.41) is 4.04. The first kappa shape index (κ1) is 25.0. The molecule has 9 heteroatoms. The Morgan fingerprint density at radius 3 is 2.46 bits per heavy atom. The number of methoxy groups -OCH3 is 1. The number of hydrogen-bond donors (Lipinski definition) is 1. The Kier molecular flexibility index (Phi) is 7.35. The smallest absolute Gasteiger partial charge is 0.265 e. The van der Waals surface area contributed by atoms with Gasteiger partial charge in [0.25, 0.3) is 15.9 Å². The Morgan fingerprint density at radius 2 is 1.80 bits per heavy atom. The summed E-state index contributed by atoms with van der Waals surface area (Å²) in [6.07, 6.45) is 0.658. The second-order valence-corrected chi connectivity index (χ2v) is 11.4. The third-order valence-electron chi connectivity index (χ3n) is 5.46. The van der Waals surface area contributed by atoms with Gasteiger partial charge in [-0.05, 0) is 73.3 Å². The van der Waals surface area contributed by atoms with Crippen LogP contribution >= 0.6 is 22.9 Å². The van der Waals surface area contributed by atoms with E-state index in [1.807, 2.05) is 26.0 Å². The summed E-state index contributed by atoms with van der Waals surface area (Å²) in [4.78, 5) is 13.6. The molecule has 1 N–H and O–H groups in total. The molecule has 0 unspecified atom stereocenters. The second-order valence-electron chi connectivity index (χ2n) is 8.03. The molecule has 0 atom stereocenters. The minimum absolute atomic E-state index is 0.250. The Labute approximate surface area is 214 Å². The van der Waals surface area contributed by atoms with Crippen molar-refractivity contribution < 1.29 is 17.9 Å². The number of rotatable bonds is 8. The standard InChI is InChI=1S/C26H25ClN2O4S2/c1-4-13-29(35(31,32)21-9-5-17(2)6-10-21)20-8-12-24-18(14-20)15-25(34-24)26(30)28-19-7-11-23(33-3)22(27)16-19/h5-12,14-16H,4,13H2,1-3H3,(H,28,30). The summed E-state index contributed by atoms with van der Waals surface area (Å²) in [6.45, 7) is 4.20. The fourth-order valence-electron chi connectivity index (χ4n) is 3.66. The molecule has 0 aliphatic rings. The molecule has 0 aliphatic carbocycles. The number of amides is 1. The van der Waals surface area contributed by atoms with Crippen molar-refractivity contribution in [1.29, 1.82) is 0 Å². The van der Waals surface area contributed by atoms with Gasteiger partial charge in [-0.1, -0.05) is 36.2 Å². The van der Waals surface area contributed by atoms with Crippen molar-refractivity contribution in [2.24, 2.45) is 0 Å². The van der Waals surface area contributed by atoms with E-state index in [0.29, 0.717) is 40.0 Å². The van der Waals surface area contributed by atoms with Crippen LogP contribution < -0.4 is 14.4 Å². The molecule has 6 nitrogen and oxygen atoms in total. The highest BCUT2D eigenvalue weighted by Gasteiger charge is 2.25. The second kappa shape index (κ2) is 10.3. The van der Waals surface area contributed by atoms with Gasteiger partial charge in [0.2, 0.25) is 0 Å². The molecule has 0 fully saturated rings. The number of nitrogens with one attached hydrogen (secondary N) is 1. The molecule has 1 heterocycles. The van der Waals surface area contributed by atoms with Crippen LogP contribution in [0.3, 0.4) is 0 Å². The molecule has 0 radical (unpaired) electrons. The number of nitrogens with zero attached hydrogens (tertiary/aromatic N) is 1. The maximum atomic E-state index is 13.4. The number of sulfonamides is 1. The average molecular weight is 529 g/mol. The highest BCUT2D eigenvalue weighted by atomic mass is 35.5. The van der Waals surface area contributed by atoms with Gasteiger partial charge < -0.3 is 10.1 Å². The van der Waals surface area contributed by atoms with Crippen LogP contribution in [-0.2, 0) is 10.0 Å². The van der Waals surface area contributed by atoms with Crippen LogP contribution in [0.5, 0.6) is 5.75 Å². The van der Waals surface area contributed by atoms with Gasteiger partial charge in [0.05, 0.1) is 27.6 Å². The Hall–Kier alpha value is -3.07. The van der Waals surface area contributed by atoms with Gasteiger partial charge in [-0.25, -0.2) is 8.42 Å². The largest absolute Gasteiger partial charge is 0.495 e. The van der Waals surface area contributed by atoms with E-state index in [0.717, 1.165) is 15.6 Å². The first-order valence-corrected chi connectivity index (χ1v) is 13.6. The number of anilines is 2. The molecule has 4 rings (SSSR count). The minimum Gasteiger partial charge on any atom is -0.495 e. The van der Waals surface area contributed by atoms with Crippen molar-refractivity contribution in [3.05, 3.63) is 82.2 Å². The number of aryl methyl sites for hydroxylation is 1. The number of halogens is 1. The number of benzene rings is 3. The first-order chi connectivity index (χ1) is 16.7. The number of fused-ring (bicyclic) bond motifs is 1. The fourth-order valence-corrected chi connectivity index (χ4v) is 6.41. The summed E-state index contributed by atoms with van der Waals surface area (Å²) < 4.78 is 34.3. The van der Waals surface area contributed by atoms with Crippen molar-refractivity contribution in [2.75, 3.05) is 23.3 Å². The normalized spacial score (nSPS) is 11.4. The number of thiophene rings is 1. The predicted octanol–water partition coefficient (Wildman–Crippen LogP) is 6.73. The molecule has 3 aromatic carbocycles. The third-order valence-corrected chi connectivity index (χ3v) is 8.71. The van der Waals surface area contributed by atoms with Crippen LogP contribution in [0.2, 0.25) is 5.02 Å². The van der Waals surface area contributed by atoms with E-state index in [1.54, 1.807) is 54.6 Å². The zero-order valence-electron chi connectivity index (χ0n) is 19.5. The number of hydrogen-bond acceptors (Lipinski definition) is 5. The topological polar surface area (TPSA) is 75.7 Å². The van der Waals surface area contributed by atoms with Crippen LogP contribution in [-0.4, -0.2) is 28.0 Å². The van der Waals surface area contributed by atoms with E-state index in [2.05, 4.69) is 5.32 Å². The van der Waals surface area contributed by atoms with Crippen LogP contribution in [0.15, 0.2) is 71.6 Å². The molecule has 1 amide bonds. The van der Waals surface area contributed by atoms with Gasteiger partial charge in [0, 0.05) is 16.9 Å². The van der Waals surface area contributed by atoms with Gasteiger partial charge >= 0.3 is 0 Å². The summed E-state index contributed by atoms with van der Waals surface area (Å²) in [5.74, 6) is 0.253. The fraction of sp³-hybridized carbons (Fsp3) is 0.192. The SMILES string of the molecule is CCCN(c1ccc2sc(C(=O)Nc3ccc(OC)c(Cl)c3)cc2c1)S(=O)(=O)c1ccc(C)cc1. The van der Waals surface area contributed by atoms with Gasteiger partial charge in [0.15, 0.2) is 0 Å². The summed E-state index contributed by atoms with van der Waals surface area (Å²) in [5.41, 5.74) is 2.11. The lowest BCUT2D eigenvalue weighted by Crippen LogP contribution is -2.31. The number of carbonyl (C=O) groups is 1. The van der Waals surface area contributed by atoms with Crippen molar-refractivity contribution in [2.45, 2.75) is 25.2 Å². The number of ether oxygens (including phenoxy) is 1. The molecule has 182 valence electrons. The van der Waals surface area contributed by atoms with Gasteiger partial charge in [0.1, 0.15) is 5.75 Å². The van der Waals surface area contributed by atoms with Gasteiger partial charge in [-0.3, -0.25) is 9.10 Å². The van der Waals surface area contributed by atoms with Crippen molar-refractivity contribution in [1.82, 2.24) is 0 Å². The molecule has 0 bridgehead atoms. The molecular weight excluding hydrogens is 504 g/mol. The Balaban J connectivity index is 1.63. The van der Waals surface area contributed by atoms with Gasteiger partial charge in [-0.15, -0.1) is 11.3 Å². The maximum absolute atomic E-state index is 13.4. The highest BCUT2D eigenvalue weighted by Crippen LogP contribution is 2.33. The van der Waals surface area contributed by atoms with E-state index >= 15 is 0 Å². The molecular formula is C26H25ClN2O4S2. The Bertz CT molecular complexity index is 1480. The lowest BCUT2D eigenvalue weighted by atomic mass is 10.2. The van der Waals surface area contributed by atoms with Crippen LogP contribution in [0.1, 0.15) is 28.6 Å². The predicted molar refractivity (Wildman–Crippen MR) is 144 cm³/mol.